The molecule has 6 heteroatoms. The van der Waals surface area contributed by atoms with E-state index in [0.717, 1.165) is 47.9 Å². The van der Waals surface area contributed by atoms with Crippen LogP contribution in [-0.4, -0.2) is 18.7 Å². The fraction of sp³-hybridized carbons (Fsp3) is 0.250. The molecule has 0 saturated carbocycles. The zero-order valence-electron chi connectivity index (χ0n) is 32.8. The molecule has 1 aliphatic carbocycles. The van der Waals surface area contributed by atoms with Gasteiger partial charge in [0.25, 0.3) is 0 Å². The first-order valence-corrected chi connectivity index (χ1v) is 16.6. The van der Waals surface area contributed by atoms with Crippen LogP contribution < -0.4 is 4.74 Å². The first kappa shape index (κ1) is 22.3. The summed E-state index contributed by atoms with van der Waals surface area (Å²) in [5.74, 6) is 1.37. The Balaban J connectivity index is 1.28. The summed E-state index contributed by atoms with van der Waals surface area (Å²) in [6.45, 7) is 3.97. The molecule has 0 spiro atoms. The summed E-state index contributed by atoms with van der Waals surface area (Å²) in [5.41, 5.74) is 5.26. The molecular formula is C40H36N4OPt-2. The van der Waals surface area contributed by atoms with Gasteiger partial charge in [-0.2, -0.15) is 0 Å². The van der Waals surface area contributed by atoms with E-state index < -0.39 is 6.98 Å². The summed E-state index contributed by atoms with van der Waals surface area (Å²) in [5, 5.41) is 0.990. The zero-order chi connectivity index (χ0) is 37.6. The monoisotopic (exact) mass is 790 g/mol. The van der Waals surface area contributed by atoms with E-state index >= 15 is 0 Å². The van der Waals surface area contributed by atoms with Crippen LogP contribution in [0.25, 0.3) is 38.7 Å². The molecule has 0 saturated heterocycles. The number of hydrogen-bond acceptors (Lipinski definition) is 2. The molecule has 1 atom stereocenters. The van der Waals surface area contributed by atoms with Crippen LogP contribution in [0.4, 0.5) is 0 Å². The summed E-state index contributed by atoms with van der Waals surface area (Å²) < 4.78 is 72.1. The molecule has 0 fully saturated rings. The van der Waals surface area contributed by atoms with Gasteiger partial charge in [0.15, 0.2) is 0 Å². The van der Waals surface area contributed by atoms with Crippen molar-refractivity contribution < 1.29 is 33.7 Å². The fourth-order valence-electron chi connectivity index (χ4n) is 6.62. The predicted octanol–water partition coefficient (Wildman–Crippen LogP) is 9.56. The Hall–Kier alpha value is -4.21. The number of pyridine rings is 1. The molecule has 1 unspecified atom stereocenters. The van der Waals surface area contributed by atoms with Gasteiger partial charge in [0, 0.05) is 6.20 Å². The summed E-state index contributed by atoms with van der Waals surface area (Å²) in [6.07, 6.45) is 5.37. The topological polar surface area (TPSA) is 36.9 Å². The minimum Gasteiger partial charge on any atom is -0.239 e. The number of fused-ring (bicyclic) bond motifs is 5. The maximum atomic E-state index is 8.93. The Kier molecular flexibility index (Phi) is 5.46. The molecule has 0 bridgehead atoms. The third-order valence-electron chi connectivity index (χ3n) is 8.94. The molecule has 4 aromatic carbocycles. The van der Waals surface area contributed by atoms with Gasteiger partial charge in [-0.25, -0.2) is 4.98 Å². The van der Waals surface area contributed by atoms with E-state index in [1.807, 2.05) is 48.5 Å². The van der Waals surface area contributed by atoms with Crippen LogP contribution in [0.15, 0.2) is 91.0 Å². The number of aryl methyl sites for hydroxylation is 2. The smallest absolute Gasteiger partial charge is 0.239 e. The van der Waals surface area contributed by atoms with E-state index in [9.17, 15) is 0 Å². The first-order valence-electron chi connectivity index (χ1n) is 19.0. The second kappa shape index (κ2) is 11.2. The van der Waals surface area contributed by atoms with Crippen molar-refractivity contribution in [2.24, 2.45) is 6.98 Å². The van der Waals surface area contributed by atoms with E-state index in [1.54, 1.807) is 16.8 Å². The number of nitrogens with zero attached hydrogens (tertiary/aromatic N) is 4. The Morgan fingerprint density at radius 2 is 1.74 bits per heavy atom. The van der Waals surface area contributed by atoms with Gasteiger partial charge in [-0.15, -0.1) is 0 Å². The van der Waals surface area contributed by atoms with Crippen LogP contribution in [-0.2, 0) is 38.2 Å². The molecule has 8 rings (SSSR count). The van der Waals surface area contributed by atoms with Gasteiger partial charge in [-0.1, -0.05) is 38.9 Å². The summed E-state index contributed by atoms with van der Waals surface area (Å²) in [6, 6.07) is 24.9. The van der Waals surface area contributed by atoms with E-state index in [4.69, 9.17) is 14.3 Å². The number of para-hydroxylation sites is 3. The molecule has 7 aromatic rings. The second-order valence-electron chi connectivity index (χ2n) is 12.9. The van der Waals surface area contributed by atoms with Crippen molar-refractivity contribution in [1.29, 1.82) is 0 Å². The van der Waals surface area contributed by atoms with E-state index in [0.29, 0.717) is 48.4 Å². The molecular weight excluding hydrogens is 748 g/mol. The standard InChI is InChI=1S/C40H36N4O.Pt/c1-40(2,3)28-21-22-41-39(23-28)44-35-14-8-6-12-31(35)32-20-19-30(25-38(32)44)45-29-18-17-27-11-5-7-13-34(33(27)24-29)43-26-42(4)36-15-9-10-16-37(36)43;/h6,8-10,12,14-23,34H,5,7,11,13H2,1-4H3;/q-2;/i4D3,6D,8D,12D,14D;. The van der Waals surface area contributed by atoms with Crippen LogP contribution >= 0.6 is 0 Å². The summed E-state index contributed by atoms with van der Waals surface area (Å²) in [4.78, 5) is 4.68. The van der Waals surface area contributed by atoms with Gasteiger partial charge >= 0.3 is 206 Å². The fourth-order valence-corrected chi connectivity index (χ4v) is 7.52. The molecule has 3 heterocycles. The predicted molar refractivity (Wildman–Crippen MR) is 181 cm³/mol. The van der Waals surface area contributed by atoms with Crippen molar-refractivity contribution in [3.8, 4) is 17.3 Å². The third-order valence-corrected chi connectivity index (χ3v) is 9.99. The number of aromatic nitrogens is 4. The van der Waals surface area contributed by atoms with Crippen LogP contribution in [0.5, 0.6) is 11.5 Å². The number of benzene rings is 4. The van der Waals surface area contributed by atoms with Crippen molar-refractivity contribution >= 4 is 32.8 Å². The zero-order valence-corrected chi connectivity index (χ0v) is 28.0. The average molecular weight is 791 g/mol. The van der Waals surface area contributed by atoms with Crippen molar-refractivity contribution in [3.63, 3.8) is 0 Å². The Labute approximate surface area is 290 Å². The number of hydrogen-bond donors (Lipinski definition) is 0. The minimum absolute atomic E-state index is 0.129. The third kappa shape index (κ3) is 4.88. The molecule has 3 aromatic heterocycles. The Bertz CT molecular complexity index is 2670. The Morgan fingerprint density at radius 3 is 2.59 bits per heavy atom. The minimum atomic E-state index is -2.35. The number of ether oxygens (including phenoxy) is 1. The van der Waals surface area contributed by atoms with E-state index in [-0.39, 0.29) is 35.6 Å². The molecule has 234 valence electrons. The van der Waals surface area contributed by atoms with Crippen LogP contribution in [0.2, 0.25) is 0 Å². The normalized spacial score (nSPS) is 17.8. The van der Waals surface area contributed by atoms with Gasteiger partial charge < -0.3 is 0 Å². The maximum absolute atomic E-state index is 8.93. The quantitative estimate of drug-likeness (QED) is 0.132. The van der Waals surface area contributed by atoms with Crippen molar-refractivity contribution in [2.75, 3.05) is 0 Å². The molecule has 46 heavy (non-hydrogen) atoms. The molecule has 1 aliphatic rings. The van der Waals surface area contributed by atoms with Gasteiger partial charge in [-0.05, 0) is 29.2 Å². The van der Waals surface area contributed by atoms with Gasteiger partial charge in [-0.3, -0.25) is 0 Å². The first-order chi connectivity index (χ1) is 25.1. The van der Waals surface area contributed by atoms with Crippen LogP contribution in [0.3, 0.4) is 0 Å². The molecule has 0 N–H and O–H groups in total. The second-order valence-corrected chi connectivity index (χ2v) is 13.9. The molecule has 0 radical (unpaired) electrons. The number of imidazole rings is 1. The van der Waals surface area contributed by atoms with Crippen molar-refractivity contribution in [1.82, 2.24) is 18.7 Å². The molecule has 5 nitrogen and oxygen atoms in total. The SMILES string of the molecule is [2H]c1c([2H])c([2H])c2c(c1[2H])c1ccc(Oc3[c-]c4c(cc3)CCCCC4n3[c](=[Pt])n(C([2H])([2H])[2H])c4ccccc43)[c-]c1n2-c1cc(C(C)(C)C)ccn1. The molecule has 0 aliphatic heterocycles. The van der Waals surface area contributed by atoms with Crippen molar-refractivity contribution in [2.45, 2.75) is 57.9 Å². The van der Waals surface area contributed by atoms with Gasteiger partial charge in [0.2, 0.25) is 0 Å². The number of rotatable bonds is 4. The summed E-state index contributed by atoms with van der Waals surface area (Å²) >= 11 is 2.13. The Morgan fingerprint density at radius 1 is 0.935 bits per heavy atom. The van der Waals surface area contributed by atoms with Gasteiger partial charge in [0.1, 0.15) is 0 Å². The van der Waals surface area contributed by atoms with Crippen LogP contribution in [0, 0.1) is 15.9 Å². The van der Waals surface area contributed by atoms with Crippen molar-refractivity contribution in [3.05, 3.63) is 124 Å². The van der Waals surface area contributed by atoms with Crippen LogP contribution in [0.1, 0.15) is 72.4 Å². The average Bonchev–Trinajstić information content (AvgIpc) is 3.53. The van der Waals surface area contributed by atoms with E-state index in [1.165, 1.54) is 4.57 Å². The molecule has 0 amide bonds. The van der Waals surface area contributed by atoms with Gasteiger partial charge in [0.05, 0.1) is 5.48 Å². The van der Waals surface area contributed by atoms with E-state index in [2.05, 4.69) is 67.9 Å². The summed E-state index contributed by atoms with van der Waals surface area (Å²) in [7, 11) is 0.